The van der Waals surface area contributed by atoms with Gasteiger partial charge in [0.05, 0.1) is 0 Å². The maximum absolute atomic E-state index is 13.3. The smallest absolute Gasteiger partial charge is 0.326 e. The lowest BCUT2D eigenvalue weighted by Crippen LogP contribution is -2.42. The van der Waals surface area contributed by atoms with E-state index in [0.717, 1.165) is 12.1 Å². The third-order valence-corrected chi connectivity index (χ3v) is 2.55. The van der Waals surface area contributed by atoms with E-state index >= 15 is 0 Å². The predicted molar refractivity (Wildman–Crippen MR) is 70.9 cm³/mol. The van der Waals surface area contributed by atoms with E-state index in [1.165, 1.54) is 6.08 Å². The molecule has 0 bridgehead atoms. The molecule has 0 saturated heterocycles. The molecule has 2 N–H and O–H groups in total. The summed E-state index contributed by atoms with van der Waals surface area (Å²) in [7, 11) is 0. The predicted octanol–water partition coefficient (Wildman–Crippen LogP) is 1.88. The summed E-state index contributed by atoms with van der Waals surface area (Å²) in [5.41, 5.74) is 0. The zero-order valence-corrected chi connectivity index (χ0v) is 11.1. The molecule has 0 aliphatic carbocycles. The van der Waals surface area contributed by atoms with Gasteiger partial charge >= 0.3 is 5.97 Å². The van der Waals surface area contributed by atoms with E-state index < -0.39 is 36.2 Å². The Balaban J connectivity index is 2.52. The second kappa shape index (κ2) is 7.98. The number of ether oxygens (including phenoxy) is 1. The maximum Gasteiger partial charge on any atom is 0.326 e. The van der Waals surface area contributed by atoms with Crippen molar-refractivity contribution in [2.45, 2.75) is 18.9 Å². The number of rotatable bonds is 8. The van der Waals surface area contributed by atoms with Gasteiger partial charge in [-0.2, -0.15) is 0 Å². The standard InChI is InChI=1S/C14H15F2NO4/c1-2-3-4-11(14(19)20)17-13(18)8-21-12-6-5-9(15)7-10(12)16/h2,5-7,11H,1,3-4,8H2,(H,17,18)(H,19,20). The third-order valence-electron chi connectivity index (χ3n) is 2.55. The maximum atomic E-state index is 13.3. The molecule has 1 atom stereocenters. The fourth-order valence-corrected chi connectivity index (χ4v) is 1.51. The molecule has 0 saturated carbocycles. The van der Waals surface area contributed by atoms with Crippen LogP contribution < -0.4 is 10.1 Å². The van der Waals surface area contributed by atoms with Gasteiger partial charge in [0.15, 0.2) is 18.2 Å². The van der Waals surface area contributed by atoms with E-state index in [0.29, 0.717) is 12.5 Å². The second-order valence-electron chi connectivity index (χ2n) is 4.19. The fourth-order valence-electron chi connectivity index (χ4n) is 1.51. The first-order chi connectivity index (χ1) is 9.93. The summed E-state index contributed by atoms with van der Waals surface area (Å²) in [6, 6.07) is 1.58. The van der Waals surface area contributed by atoms with Gasteiger partial charge in [0.25, 0.3) is 5.91 Å². The molecule has 1 aromatic carbocycles. The molecule has 21 heavy (non-hydrogen) atoms. The normalized spacial score (nSPS) is 11.5. The number of carboxylic acids is 1. The Morgan fingerprint density at radius 3 is 2.71 bits per heavy atom. The number of carbonyl (C=O) groups excluding carboxylic acids is 1. The van der Waals surface area contributed by atoms with Crippen LogP contribution in [0.3, 0.4) is 0 Å². The van der Waals surface area contributed by atoms with Gasteiger partial charge in [0, 0.05) is 6.07 Å². The monoisotopic (exact) mass is 299 g/mol. The van der Waals surface area contributed by atoms with Gasteiger partial charge in [-0.3, -0.25) is 4.79 Å². The Morgan fingerprint density at radius 1 is 1.43 bits per heavy atom. The van der Waals surface area contributed by atoms with E-state index in [9.17, 15) is 18.4 Å². The van der Waals surface area contributed by atoms with Crippen LogP contribution in [0.15, 0.2) is 30.9 Å². The minimum atomic E-state index is -1.18. The number of hydrogen-bond acceptors (Lipinski definition) is 3. The second-order valence-corrected chi connectivity index (χ2v) is 4.19. The largest absolute Gasteiger partial charge is 0.481 e. The summed E-state index contributed by atoms with van der Waals surface area (Å²) in [4.78, 5) is 22.5. The van der Waals surface area contributed by atoms with Crippen molar-refractivity contribution in [2.24, 2.45) is 0 Å². The van der Waals surface area contributed by atoms with Crippen LogP contribution in [0.25, 0.3) is 0 Å². The first kappa shape index (κ1) is 16.6. The lowest BCUT2D eigenvalue weighted by atomic mass is 10.1. The van der Waals surface area contributed by atoms with Gasteiger partial charge in [-0.05, 0) is 25.0 Å². The first-order valence-electron chi connectivity index (χ1n) is 6.15. The first-order valence-corrected chi connectivity index (χ1v) is 6.15. The van der Waals surface area contributed by atoms with Crippen LogP contribution in [0.2, 0.25) is 0 Å². The van der Waals surface area contributed by atoms with Crippen molar-refractivity contribution in [2.75, 3.05) is 6.61 Å². The summed E-state index contributed by atoms with van der Waals surface area (Å²) >= 11 is 0. The quantitative estimate of drug-likeness (QED) is 0.719. The molecule has 0 fully saturated rings. The number of hydrogen-bond donors (Lipinski definition) is 2. The van der Waals surface area contributed by atoms with Gasteiger partial charge in [-0.15, -0.1) is 6.58 Å². The highest BCUT2D eigenvalue weighted by atomic mass is 19.1. The van der Waals surface area contributed by atoms with Gasteiger partial charge in [0.2, 0.25) is 0 Å². The molecule has 0 heterocycles. The molecule has 7 heteroatoms. The Labute approximate surface area is 120 Å². The highest BCUT2D eigenvalue weighted by Gasteiger charge is 2.19. The summed E-state index contributed by atoms with van der Waals surface area (Å²) in [5, 5.41) is 11.2. The van der Waals surface area contributed by atoms with Gasteiger partial charge in [-0.25, -0.2) is 13.6 Å². The number of halogens is 2. The molecule has 0 radical (unpaired) electrons. The number of allylic oxidation sites excluding steroid dienone is 1. The van der Waals surface area contributed by atoms with Crippen LogP contribution in [0.4, 0.5) is 8.78 Å². The lowest BCUT2D eigenvalue weighted by Gasteiger charge is -2.14. The Morgan fingerprint density at radius 2 is 2.14 bits per heavy atom. The number of benzene rings is 1. The Hall–Kier alpha value is -2.44. The fraction of sp³-hybridized carbons (Fsp3) is 0.286. The molecule has 0 aliphatic heterocycles. The van der Waals surface area contributed by atoms with Crippen LogP contribution in [0, 0.1) is 11.6 Å². The van der Waals surface area contributed by atoms with E-state index in [2.05, 4.69) is 11.9 Å². The minimum absolute atomic E-state index is 0.190. The number of nitrogens with one attached hydrogen (secondary N) is 1. The molecule has 0 aliphatic rings. The SMILES string of the molecule is C=CCCC(NC(=O)COc1ccc(F)cc1F)C(=O)O. The van der Waals surface area contributed by atoms with Crippen molar-refractivity contribution in [1.82, 2.24) is 5.32 Å². The molecular weight excluding hydrogens is 284 g/mol. The van der Waals surface area contributed by atoms with Crippen LogP contribution >= 0.6 is 0 Å². The summed E-state index contributed by atoms with van der Waals surface area (Å²) in [6.07, 6.45) is 2.15. The zero-order chi connectivity index (χ0) is 15.8. The van der Waals surface area contributed by atoms with Crippen LogP contribution in [0.1, 0.15) is 12.8 Å². The lowest BCUT2D eigenvalue weighted by molar-refractivity contribution is -0.142. The Kier molecular flexibility index (Phi) is 6.32. The third kappa shape index (κ3) is 5.60. The number of amides is 1. The van der Waals surface area contributed by atoms with Crippen molar-refractivity contribution in [1.29, 1.82) is 0 Å². The topological polar surface area (TPSA) is 75.6 Å². The van der Waals surface area contributed by atoms with E-state index in [-0.39, 0.29) is 12.2 Å². The molecule has 5 nitrogen and oxygen atoms in total. The van der Waals surface area contributed by atoms with Crippen LogP contribution in [-0.2, 0) is 9.59 Å². The average molecular weight is 299 g/mol. The van der Waals surface area contributed by atoms with Gasteiger partial charge < -0.3 is 15.2 Å². The van der Waals surface area contributed by atoms with Crippen molar-refractivity contribution in [3.05, 3.63) is 42.5 Å². The zero-order valence-electron chi connectivity index (χ0n) is 11.1. The van der Waals surface area contributed by atoms with E-state index in [1.54, 1.807) is 0 Å². The molecular formula is C14H15F2NO4. The molecule has 1 unspecified atom stereocenters. The molecule has 0 spiro atoms. The summed E-state index contributed by atoms with van der Waals surface area (Å²) in [5.74, 6) is -3.89. The number of carbonyl (C=O) groups is 2. The minimum Gasteiger partial charge on any atom is -0.481 e. The van der Waals surface area contributed by atoms with Crippen molar-refractivity contribution >= 4 is 11.9 Å². The average Bonchev–Trinajstić information content (AvgIpc) is 2.42. The highest BCUT2D eigenvalue weighted by Crippen LogP contribution is 2.17. The van der Waals surface area contributed by atoms with Crippen molar-refractivity contribution in [3.8, 4) is 5.75 Å². The molecule has 1 rings (SSSR count). The highest BCUT2D eigenvalue weighted by molar-refractivity contribution is 5.84. The van der Waals surface area contributed by atoms with Crippen LogP contribution in [0.5, 0.6) is 5.75 Å². The van der Waals surface area contributed by atoms with Gasteiger partial charge in [-0.1, -0.05) is 6.08 Å². The summed E-state index contributed by atoms with van der Waals surface area (Å²) in [6.45, 7) is 2.89. The Bertz CT molecular complexity index is 534. The number of carboxylic acid groups (broad SMARTS) is 1. The van der Waals surface area contributed by atoms with Gasteiger partial charge in [0.1, 0.15) is 11.9 Å². The van der Waals surface area contributed by atoms with Crippen LogP contribution in [-0.4, -0.2) is 29.6 Å². The van der Waals surface area contributed by atoms with Crippen molar-refractivity contribution < 1.29 is 28.2 Å². The van der Waals surface area contributed by atoms with E-state index in [1.807, 2.05) is 0 Å². The van der Waals surface area contributed by atoms with E-state index in [4.69, 9.17) is 9.84 Å². The molecule has 1 amide bonds. The molecule has 114 valence electrons. The molecule has 1 aromatic rings. The summed E-state index contributed by atoms with van der Waals surface area (Å²) < 4.78 is 30.8. The van der Waals surface area contributed by atoms with Crippen molar-refractivity contribution in [3.63, 3.8) is 0 Å². The molecule has 0 aromatic heterocycles. The number of aliphatic carboxylic acids is 1.